The molecule has 2 aliphatic carbocycles. The lowest BCUT2D eigenvalue weighted by molar-refractivity contribution is 0.332. The van der Waals surface area contributed by atoms with Crippen LogP contribution in [0.15, 0.2) is 54.6 Å². The zero-order valence-electron chi connectivity index (χ0n) is 23.5. The van der Waals surface area contributed by atoms with E-state index in [1.807, 2.05) is 0 Å². The highest BCUT2D eigenvalue weighted by Crippen LogP contribution is 2.49. The Morgan fingerprint density at radius 3 is 1.17 bits per heavy atom. The molecule has 3 aromatic carbocycles. The molecule has 0 nitrogen and oxygen atoms in total. The van der Waals surface area contributed by atoms with E-state index in [0.29, 0.717) is 0 Å². The minimum absolute atomic E-state index is 0.225. The summed E-state index contributed by atoms with van der Waals surface area (Å²) in [6.45, 7) is 21.6. The normalized spacial score (nSPS) is 21.2. The van der Waals surface area contributed by atoms with E-state index in [1.54, 1.807) is 0 Å². The Balaban J connectivity index is 1.63. The maximum atomic E-state index is 2.50. The molecule has 0 atom stereocenters. The zero-order valence-corrected chi connectivity index (χ0v) is 23.5. The first-order valence-electron chi connectivity index (χ1n) is 13.6. The molecule has 0 saturated heterocycles. The number of rotatable bonds is 2. The second-order valence-electron chi connectivity index (χ2n) is 14.0. The maximum Gasteiger partial charge on any atom is -0.0100 e. The lowest BCUT2D eigenvalue weighted by Crippen LogP contribution is -2.33. The van der Waals surface area contributed by atoms with Crippen LogP contribution in [0.1, 0.15) is 109 Å². The van der Waals surface area contributed by atoms with E-state index in [9.17, 15) is 0 Å². The van der Waals surface area contributed by atoms with E-state index in [4.69, 9.17) is 0 Å². The first-order chi connectivity index (χ1) is 16.2. The summed E-state index contributed by atoms with van der Waals surface area (Å²) in [4.78, 5) is 0. The van der Waals surface area contributed by atoms with E-state index in [-0.39, 0.29) is 21.7 Å². The van der Waals surface area contributed by atoms with Crippen molar-refractivity contribution in [2.75, 3.05) is 0 Å². The predicted molar refractivity (Wildman–Crippen MR) is 153 cm³/mol. The van der Waals surface area contributed by atoms with Crippen LogP contribution in [0.4, 0.5) is 0 Å². The highest BCUT2D eigenvalue weighted by atomic mass is 14.4. The summed E-state index contributed by atoms with van der Waals surface area (Å²) in [6, 6.07) is 21.4. The summed E-state index contributed by atoms with van der Waals surface area (Å²) >= 11 is 0. The molecule has 0 heterocycles. The molecule has 0 unspecified atom stereocenters. The monoisotopic (exact) mass is 464 g/mol. The molecule has 0 heteroatoms. The van der Waals surface area contributed by atoms with Crippen molar-refractivity contribution in [3.8, 4) is 22.3 Å². The highest BCUT2D eigenvalue weighted by molar-refractivity contribution is 5.79. The predicted octanol–water partition coefficient (Wildman–Crippen LogP) is 10.0. The molecule has 2 aliphatic rings. The molecule has 0 aliphatic heterocycles. The second-order valence-corrected chi connectivity index (χ2v) is 14.0. The molecule has 0 amide bonds. The van der Waals surface area contributed by atoms with Gasteiger partial charge in [-0.3, -0.25) is 0 Å². The Morgan fingerprint density at radius 1 is 0.457 bits per heavy atom. The van der Waals surface area contributed by atoms with Crippen molar-refractivity contribution >= 4 is 0 Å². The van der Waals surface area contributed by atoms with Crippen LogP contribution in [0.3, 0.4) is 0 Å². The van der Waals surface area contributed by atoms with Crippen LogP contribution >= 0.6 is 0 Å². The fraction of sp³-hybridized carbons (Fsp3) is 0.486. The average Bonchev–Trinajstić information content (AvgIpc) is 2.80. The number of benzene rings is 3. The smallest absolute Gasteiger partial charge is 0.0100 e. The van der Waals surface area contributed by atoms with Crippen molar-refractivity contribution in [1.82, 2.24) is 0 Å². The van der Waals surface area contributed by atoms with Gasteiger partial charge in [-0.1, -0.05) is 110 Å². The van der Waals surface area contributed by atoms with E-state index >= 15 is 0 Å². The molecular weight excluding hydrogens is 420 g/mol. The summed E-state index contributed by atoms with van der Waals surface area (Å²) in [6.07, 6.45) is 5.01. The van der Waals surface area contributed by atoms with Crippen molar-refractivity contribution in [3.63, 3.8) is 0 Å². The van der Waals surface area contributed by atoms with Gasteiger partial charge in [0.1, 0.15) is 0 Å². The van der Waals surface area contributed by atoms with Gasteiger partial charge in [-0.05, 0) is 104 Å². The lowest BCUT2D eigenvalue weighted by Gasteiger charge is -2.42. The number of hydrogen-bond donors (Lipinski definition) is 0. The molecule has 0 saturated carbocycles. The molecule has 0 spiro atoms. The van der Waals surface area contributed by atoms with Gasteiger partial charge in [0.15, 0.2) is 0 Å². The first kappa shape index (κ1) is 24.4. The van der Waals surface area contributed by atoms with E-state index in [0.717, 1.165) is 0 Å². The summed E-state index contributed by atoms with van der Waals surface area (Å²) in [7, 11) is 0. The number of hydrogen-bond acceptors (Lipinski definition) is 0. The maximum absolute atomic E-state index is 2.50. The summed E-state index contributed by atoms with van der Waals surface area (Å²) in [5, 5.41) is 0. The topological polar surface area (TPSA) is 0 Å². The Morgan fingerprint density at radius 2 is 0.800 bits per heavy atom. The standard InChI is InChI=1S/C35H44/c1-23-26(24-13-15-28-30(21-24)34(6,7)19-17-32(28,2)3)11-10-12-27(23)25-14-16-29-31(22-25)35(8,9)20-18-33(29,4)5/h10-16,21-22H,17-20H2,1-9H3. The van der Waals surface area contributed by atoms with Crippen molar-refractivity contribution in [2.24, 2.45) is 0 Å². The van der Waals surface area contributed by atoms with Gasteiger partial charge in [-0.25, -0.2) is 0 Å². The van der Waals surface area contributed by atoms with Gasteiger partial charge in [0, 0.05) is 0 Å². The average molecular weight is 465 g/mol. The highest BCUT2D eigenvalue weighted by Gasteiger charge is 2.38. The van der Waals surface area contributed by atoms with Gasteiger partial charge in [0.2, 0.25) is 0 Å². The second kappa shape index (κ2) is 7.83. The fourth-order valence-electron chi connectivity index (χ4n) is 6.77. The van der Waals surface area contributed by atoms with Crippen LogP contribution in [0, 0.1) is 6.92 Å². The quantitative estimate of drug-likeness (QED) is 0.354. The third-order valence-corrected chi connectivity index (χ3v) is 9.66. The minimum atomic E-state index is 0.225. The minimum Gasteiger partial charge on any atom is -0.0610 e. The molecular formula is C35H44. The third-order valence-electron chi connectivity index (χ3n) is 9.66. The van der Waals surface area contributed by atoms with Crippen molar-refractivity contribution in [3.05, 3.63) is 82.4 Å². The molecule has 35 heavy (non-hydrogen) atoms. The van der Waals surface area contributed by atoms with Gasteiger partial charge in [0.05, 0.1) is 0 Å². The molecule has 0 bridgehead atoms. The molecule has 0 fully saturated rings. The first-order valence-corrected chi connectivity index (χ1v) is 13.6. The largest absolute Gasteiger partial charge is 0.0610 e. The summed E-state index contributed by atoms with van der Waals surface area (Å²) in [5.41, 5.74) is 13.9. The molecule has 5 rings (SSSR count). The van der Waals surface area contributed by atoms with Crippen molar-refractivity contribution in [2.45, 2.75) is 110 Å². The van der Waals surface area contributed by atoms with Crippen LogP contribution in [-0.2, 0) is 21.7 Å². The van der Waals surface area contributed by atoms with Gasteiger partial charge < -0.3 is 0 Å². The Hall–Kier alpha value is -2.34. The van der Waals surface area contributed by atoms with Crippen molar-refractivity contribution in [1.29, 1.82) is 0 Å². The van der Waals surface area contributed by atoms with Crippen LogP contribution in [0.5, 0.6) is 0 Å². The third kappa shape index (κ3) is 3.98. The Bertz CT molecular complexity index is 1200. The van der Waals surface area contributed by atoms with Crippen molar-refractivity contribution < 1.29 is 0 Å². The van der Waals surface area contributed by atoms with Crippen LogP contribution in [0.25, 0.3) is 22.3 Å². The summed E-state index contributed by atoms with van der Waals surface area (Å²) < 4.78 is 0. The summed E-state index contributed by atoms with van der Waals surface area (Å²) in [5.74, 6) is 0. The molecule has 3 aromatic rings. The van der Waals surface area contributed by atoms with Gasteiger partial charge in [-0.15, -0.1) is 0 Å². The Kier molecular flexibility index (Phi) is 5.45. The van der Waals surface area contributed by atoms with E-state index in [2.05, 4.69) is 117 Å². The van der Waals surface area contributed by atoms with Gasteiger partial charge >= 0.3 is 0 Å². The molecule has 0 radical (unpaired) electrons. The lowest BCUT2D eigenvalue weighted by atomic mass is 9.62. The molecule has 184 valence electrons. The van der Waals surface area contributed by atoms with Crippen LogP contribution in [-0.4, -0.2) is 0 Å². The number of fused-ring (bicyclic) bond motifs is 2. The fourth-order valence-corrected chi connectivity index (χ4v) is 6.77. The molecule has 0 N–H and O–H groups in total. The SMILES string of the molecule is Cc1c(-c2ccc3c(c2)C(C)(C)CCC3(C)C)cccc1-c1ccc2c(c1)C(C)(C)CCC2(C)C. The van der Waals surface area contributed by atoms with Gasteiger partial charge in [-0.2, -0.15) is 0 Å². The zero-order chi connectivity index (χ0) is 25.4. The van der Waals surface area contributed by atoms with E-state index < -0.39 is 0 Å². The molecule has 0 aromatic heterocycles. The van der Waals surface area contributed by atoms with Crippen LogP contribution in [0.2, 0.25) is 0 Å². The Labute approximate surface area is 214 Å². The van der Waals surface area contributed by atoms with Gasteiger partial charge in [0.25, 0.3) is 0 Å². The van der Waals surface area contributed by atoms with Crippen LogP contribution < -0.4 is 0 Å². The van der Waals surface area contributed by atoms with E-state index in [1.165, 1.54) is 75.8 Å².